The first kappa shape index (κ1) is 9.99. The molecule has 3 nitrogen and oxygen atoms in total. The van der Waals surface area contributed by atoms with Crippen LogP contribution in [0.1, 0.15) is 23.7 Å². The molecule has 1 aromatic heterocycles. The lowest BCUT2D eigenvalue weighted by atomic mass is 10.1. The molecule has 0 aliphatic heterocycles. The number of rotatable bonds is 3. The molecule has 1 heterocycles. The van der Waals surface area contributed by atoms with Gasteiger partial charge in [0, 0.05) is 17.8 Å². The fourth-order valence-corrected chi connectivity index (χ4v) is 1.37. The van der Waals surface area contributed by atoms with Crippen molar-refractivity contribution in [3.05, 3.63) is 22.9 Å². The number of nitrogens with two attached hydrogens (primary N) is 1. The molecule has 0 saturated heterocycles. The third-order valence-corrected chi connectivity index (χ3v) is 2.06. The minimum atomic E-state index is 0.651. The molecule has 0 fully saturated rings. The fourth-order valence-electron chi connectivity index (χ4n) is 1.37. The van der Waals surface area contributed by atoms with E-state index in [4.69, 9.17) is 5.73 Å². The van der Waals surface area contributed by atoms with E-state index in [9.17, 15) is 0 Å². The number of aromatic nitrogens is 1. The smallest absolute Gasteiger partial charge is 0.128 e. The number of pyridine rings is 1. The first-order chi connectivity index (χ1) is 6.15. The Kier molecular flexibility index (Phi) is 3.25. The lowest BCUT2D eigenvalue weighted by Crippen LogP contribution is -2.15. The van der Waals surface area contributed by atoms with Gasteiger partial charge in [-0.25, -0.2) is 4.98 Å². The van der Waals surface area contributed by atoms with Gasteiger partial charge in [-0.3, -0.25) is 0 Å². The van der Waals surface area contributed by atoms with E-state index in [1.165, 1.54) is 5.56 Å². The molecular weight excluding hydrogens is 162 g/mol. The second-order valence-corrected chi connectivity index (χ2v) is 3.22. The predicted octanol–water partition coefficient (Wildman–Crippen LogP) is 1.39. The van der Waals surface area contributed by atoms with Crippen molar-refractivity contribution in [3.63, 3.8) is 0 Å². The SMILES string of the molecule is CCNCc1c(C)cc(C)nc1N. The van der Waals surface area contributed by atoms with Crippen molar-refractivity contribution < 1.29 is 0 Å². The van der Waals surface area contributed by atoms with Gasteiger partial charge in [0.05, 0.1) is 0 Å². The van der Waals surface area contributed by atoms with E-state index in [1.54, 1.807) is 0 Å². The average Bonchev–Trinajstić information content (AvgIpc) is 2.02. The molecule has 72 valence electrons. The van der Waals surface area contributed by atoms with E-state index >= 15 is 0 Å². The molecule has 0 saturated carbocycles. The summed E-state index contributed by atoms with van der Waals surface area (Å²) in [6.07, 6.45) is 0. The van der Waals surface area contributed by atoms with Crippen LogP contribution in [0.25, 0.3) is 0 Å². The van der Waals surface area contributed by atoms with E-state index in [-0.39, 0.29) is 0 Å². The Balaban J connectivity index is 2.92. The molecule has 0 radical (unpaired) electrons. The van der Waals surface area contributed by atoms with Crippen LogP contribution in [0, 0.1) is 13.8 Å². The van der Waals surface area contributed by atoms with Gasteiger partial charge in [0.25, 0.3) is 0 Å². The lowest BCUT2D eigenvalue weighted by molar-refractivity contribution is 0.722. The Hall–Kier alpha value is -1.09. The van der Waals surface area contributed by atoms with Gasteiger partial charge in [0.15, 0.2) is 0 Å². The van der Waals surface area contributed by atoms with Gasteiger partial charge in [-0.15, -0.1) is 0 Å². The summed E-state index contributed by atoms with van der Waals surface area (Å²) in [7, 11) is 0. The summed E-state index contributed by atoms with van der Waals surface area (Å²) in [5, 5.41) is 3.25. The summed E-state index contributed by atoms with van der Waals surface area (Å²) in [4.78, 5) is 4.23. The molecular formula is C10H17N3. The van der Waals surface area contributed by atoms with Crippen LogP contribution in [-0.2, 0) is 6.54 Å². The van der Waals surface area contributed by atoms with Gasteiger partial charge in [-0.05, 0) is 32.0 Å². The number of anilines is 1. The van der Waals surface area contributed by atoms with Crippen molar-refractivity contribution in [1.29, 1.82) is 0 Å². The molecule has 0 amide bonds. The standard InChI is InChI=1S/C10H17N3/c1-4-12-6-9-7(2)5-8(3)13-10(9)11/h5,12H,4,6H2,1-3H3,(H2,11,13). The van der Waals surface area contributed by atoms with E-state index in [0.29, 0.717) is 5.82 Å². The summed E-state index contributed by atoms with van der Waals surface area (Å²) in [5.41, 5.74) is 9.13. The van der Waals surface area contributed by atoms with E-state index in [0.717, 1.165) is 24.3 Å². The zero-order valence-corrected chi connectivity index (χ0v) is 8.52. The molecule has 13 heavy (non-hydrogen) atoms. The van der Waals surface area contributed by atoms with Crippen LogP contribution in [0.4, 0.5) is 5.82 Å². The first-order valence-electron chi connectivity index (χ1n) is 4.58. The summed E-state index contributed by atoms with van der Waals surface area (Å²) >= 11 is 0. The average molecular weight is 179 g/mol. The van der Waals surface area contributed by atoms with Crippen LogP contribution in [0.15, 0.2) is 6.07 Å². The molecule has 3 N–H and O–H groups in total. The van der Waals surface area contributed by atoms with Gasteiger partial charge in [-0.2, -0.15) is 0 Å². The maximum Gasteiger partial charge on any atom is 0.128 e. The van der Waals surface area contributed by atoms with Crippen LogP contribution in [0.5, 0.6) is 0 Å². The van der Waals surface area contributed by atoms with Gasteiger partial charge in [0.1, 0.15) is 5.82 Å². The quantitative estimate of drug-likeness (QED) is 0.737. The Morgan fingerprint density at radius 2 is 2.15 bits per heavy atom. The van der Waals surface area contributed by atoms with Gasteiger partial charge >= 0.3 is 0 Å². The number of hydrogen-bond acceptors (Lipinski definition) is 3. The Morgan fingerprint density at radius 3 is 2.69 bits per heavy atom. The predicted molar refractivity (Wildman–Crippen MR) is 55.5 cm³/mol. The van der Waals surface area contributed by atoms with Crippen molar-refractivity contribution in [3.8, 4) is 0 Å². The highest BCUT2D eigenvalue weighted by atomic mass is 14.9. The number of nitrogen functional groups attached to an aromatic ring is 1. The second-order valence-electron chi connectivity index (χ2n) is 3.22. The van der Waals surface area contributed by atoms with E-state index in [2.05, 4.69) is 30.2 Å². The third kappa shape index (κ3) is 2.42. The van der Waals surface area contributed by atoms with E-state index < -0.39 is 0 Å². The summed E-state index contributed by atoms with van der Waals surface area (Å²) in [6, 6.07) is 2.06. The molecule has 0 unspecified atom stereocenters. The molecule has 0 spiro atoms. The number of nitrogens with zero attached hydrogens (tertiary/aromatic N) is 1. The van der Waals surface area contributed by atoms with Crippen molar-refractivity contribution in [2.45, 2.75) is 27.3 Å². The van der Waals surface area contributed by atoms with Crippen LogP contribution < -0.4 is 11.1 Å². The van der Waals surface area contributed by atoms with Crippen LogP contribution in [0.3, 0.4) is 0 Å². The Bertz CT molecular complexity index is 271. The fraction of sp³-hybridized carbons (Fsp3) is 0.500. The van der Waals surface area contributed by atoms with Crippen molar-refractivity contribution in [1.82, 2.24) is 10.3 Å². The molecule has 0 aromatic carbocycles. The molecule has 1 rings (SSSR count). The number of aryl methyl sites for hydroxylation is 2. The molecule has 0 atom stereocenters. The highest BCUT2D eigenvalue weighted by Gasteiger charge is 2.04. The summed E-state index contributed by atoms with van der Waals surface area (Å²) < 4.78 is 0. The minimum Gasteiger partial charge on any atom is -0.383 e. The molecule has 0 aliphatic rings. The zero-order valence-electron chi connectivity index (χ0n) is 8.52. The summed E-state index contributed by atoms with van der Waals surface area (Å²) in [6.45, 7) is 7.86. The highest BCUT2D eigenvalue weighted by molar-refractivity contribution is 5.45. The lowest BCUT2D eigenvalue weighted by Gasteiger charge is -2.09. The maximum absolute atomic E-state index is 5.81. The molecule has 0 aliphatic carbocycles. The number of hydrogen-bond donors (Lipinski definition) is 2. The third-order valence-electron chi connectivity index (χ3n) is 2.06. The minimum absolute atomic E-state index is 0.651. The van der Waals surface area contributed by atoms with Crippen molar-refractivity contribution in [2.24, 2.45) is 0 Å². The van der Waals surface area contributed by atoms with Crippen LogP contribution in [-0.4, -0.2) is 11.5 Å². The zero-order chi connectivity index (χ0) is 9.84. The van der Waals surface area contributed by atoms with Gasteiger partial charge < -0.3 is 11.1 Å². The second kappa shape index (κ2) is 4.23. The number of nitrogens with one attached hydrogen (secondary N) is 1. The van der Waals surface area contributed by atoms with Gasteiger partial charge in [0.2, 0.25) is 0 Å². The Labute approximate surface area is 79.4 Å². The monoisotopic (exact) mass is 179 g/mol. The highest BCUT2D eigenvalue weighted by Crippen LogP contribution is 2.14. The first-order valence-corrected chi connectivity index (χ1v) is 4.58. The molecule has 0 bridgehead atoms. The maximum atomic E-state index is 5.81. The van der Waals surface area contributed by atoms with Crippen molar-refractivity contribution in [2.75, 3.05) is 12.3 Å². The van der Waals surface area contributed by atoms with E-state index in [1.807, 2.05) is 6.92 Å². The van der Waals surface area contributed by atoms with Gasteiger partial charge in [-0.1, -0.05) is 6.92 Å². The summed E-state index contributed by atoms with van der Waals surface area (Å²) in [5.74, 6) is 0.651. The Morgan fingerprint density at radius 1 is 1.46 bits per heavy atom. The molecule has 3 heteroatoms. The van der Waals surface area contributed by atoms with Crippen molar-refractivity contribution >= 4 is 5.82 Å². The normalized spacial score (nSPS) is 10.4. The topological polar surface area (TPSA) is 50.9 Å². The van der Waals surface area contributed by atoms with Crippen LogP contribution >= 0.6 is 0 Å². The van der Waals surface area contributed by atoms with Crippen LogP contribution in [0.2, 0.25) is 0 Å². The molecule has 1 aromatic rings. The largest absolute Gasteiger partial charge is 0.383 e.